The molecule has 0 aliphatic heterocycles. The van der Waals surface area contributed by atoms with E-state index < -0.39 is 16.4 Å². The molecule has 0 unspecified atom stereocenters. The number of aryl methyl sites for hydroxylation is 1. The summed E-state index contributed by atoms with van der Waals surface area (Å²) in [7, 11) is 0. The zero-order valence-electron chi connectivity index (χ0n) is 10.7. The Hall–Kier alpha value is -2.11. The fourth-order valence-electron chi connectivity index (χ4n) is 2.53. The molecule has 0 atom stereocenters. The van der Waals surface area contributed by atoms with E-state index >= 15 is 0 Å². The first-order valence-corrected chi connectivity index (χ1v) is 6.21. The molecule has 0 aromatic heterocycles. The van der Waals surface area contributed by atoms with Crippen LogP contribution in [0.3, 0.4) is 0 Å². The molecule has 102 valence electrons. The zero-order valence-corrected chi connectivity index (χ0v) is 10.7. The third-order valence-electron chi connectivity index (χ3n) is 3.59. The molecule has 6 heteroatoms. The van der Waals surface area contributed by atoms with Crippen molar-refractivity contribution in [1.82, 2.24) is 0 Å². The smallest absolute Gasteiger partial charge is 0.329 e. The minimum absolute atomic E-state index is 0.0764. The van der Waals surface area contributed by atoms with Crippen molar-refractivity contribution in [2.75, 3.05) is 5.32 Å². The number of hydrogen-bond acceptors (Lipinski definition) is 4. The summed E-state index contributed by atoms with van der Waals surface area (Å²) in [6.07, 6.45) is 2.62. The van der Waals surface area contributed by atoms with Crippen LogP contribution in [0.15, 0.2) is 18.2 Å². The minimum atomic E-state index is -1.07. The zero-order chi connectivity index (χ0) is 14.0. The highest BCUT2D eigenvalue weighted by Gasteiger charge is 2.42. The highest BCUT2D eigenvalue weighted by atomic mass is 16.6. The predicted octanol–water partition coefficient (Wildman–Crippen LogP) is 2.71. The van der Waals surface area contributed by atoms with Crippen molar-refractivity contribution in [3.63, 3.8) is 0 Å². The van der Waals surface area contributed by atoms with Crippen molar-refractivity contribution in [1.29, 1.82) is 0 Å². The van der Waals surface area contributed by atoms with Crippen molar-refractivity contribution >= 4 is 17.3 Å². The first kappa shape index (κ1) is 13.3. The molecule has 1 saturated carbocycles. The molecule has 2 N–H and O–H groups in total. The van der Waals surface area contributed by atoms with Gasteiger partial charge in [-0.25, -0.2) is 4.79 Å². The van der Waals surface area contributed by atoms with Gasteiger partial charge in [-0.3, -0.25) is 10.1 Å². The Morgan fingerprint density at radius 1 is 1.42 bits per heavy atom. The number of carboxylic acids is 1. The summed E-state index contributed by atoms with van der Waals surface area (Å²) in [5.74, 6) is -0.945. The lowest BCUT2D eigenvalue weighted by molar-refractivity contribution is -0.384. The molecule has 1 aliphatic carbocycles. The number of carbonyl (C=O) groups is 1. The highest BCUT2D eigenvalue weighted by molar-refractivity contribution is 5.84. The fraction of sp³-hybridized carbons (Fsp3) is 0.462. The molecule has 0 bridgehead atoms. The van der Waals surface area contributed by atoms with E-state index in [4.69, 9.17) is 0 Å². The van der Waals surface area contributed by atoms with Crippen LogP contribution in [-0.4, -0.2) is 21.5 Å². The van der Waals surface area contributed by atoms with Gasteiger partial charge in [-0.15, -0.1) is 0 Å². The van der Waals surface area contributed by atoms with Gasteiger partial charge in [0.2, 0.25) is 0 Å². The number of nitro groups is 1. The molecule has 0 radical (unpaired) electrons. The van der Waals surface area contributed by atoms with Gasteiger partial charge in [0.1, 0.15) is 11.2 Å². The monoisotopic (exact) mass is 264 g/mol. The van der Waals surface area contributed by atoms with Crippen LogP contribution in [0.1, 0.15) is 31.2 Å². The van der Waals surface area contributed by atoms with Crippen LogP contribution in [0, 0.1) is 17.0 Å². The van der Waals surface area contributed by atoms with Crippen LogP contribution in [0.5, 0.6) is 0 Å². The largest absolute Gasteiger partial charge is 0.480 e. The van der Waals surface area contributed by atoms with E-state index in [0.29, 0.717) is 12.8 Å². The fourth-order valence-corrected chi connectivity index (χ4v) is 2.53. The second-order valence-corrected chi connectivity index (χ2v) is 5.00. The lowest BCUT2D eigenvalue weighted by Gasteiger charge is -2.26. The van der Waals surface area contributed by atoms with Gasteiger partial charge in [-0.1, -0.05) is 18.9 Å². The Bertz CT molecular complexity index is 521. The van der Waals surface area contributed by atoms with E-state index in [1.165, 1.54) is 6.07 Å². The lowest BCUT2D eigenvalue weighted by atomic mass is 9.97. The number of nitrogens with zero attached hydrogens (tertiary/aromatic N) is 1. The summed E-state index contributed by atoms with van der Waals surface area (Å²) in [5.41, 5.74) is -0.0968. The summed E-state index contributed by atoms with van der Waals surface area (Å²) < 4.78 is 0. The molecular formula is C13H16N2O4. The molecule has 0 spiro atoms. The van der Waals surface area contributed by atoms with Crippen LogP contribution in [0.4, 0.5) is 11.4 Å². The van der Waals surface area contributed by atoms with Gasteiger partial charge in [-0.2, -0.15) is 0 Å². The SMILES string of the molecule is Cc1ccc(NC2(C(=O)O)CCCC2)c([N+](=O)[O-])c1. The van der Waals surface area contributed by atoms with E-state index in [9.17, 15) is 20.0 Å². The Kier molecular flexibility index (Phi) is 3.42. The molecule has 1 aliphatic rings. The van der Waals surface area contributed by atoms with Gasteiger partial charge in [0.15, 0.2) is 0 Å². The third-order valence-corrected chi connectivity index (χ3v) is 3.59. The molecule has 0 saturated heterocycles. The van der Waals surface area contributed by atoms with Gasteiger partial charge >= 0.3 is 5.97 Å². The van der Waals surface area contributed by atoms with Crippen LogP contribution < -0.4 is 5.32 Å². The summed E-state index contributed by atoms with van der Waals surface area (Å²) in [5, 5.41) is 23.3. The molecule has 6 nitrogen and oxygen atoms in total. The first-order chi connectivity index (χ1) is 8.94. The predicted molar refractivity (Wildman–Crippen MR) is 70.3 cm³/mol. The maximum atomic E-state index is 11.4. The van der Waals surface area contributed by atoms with Crippen molar-refractivity contribution in [2.24, 2.45) is 0 Å². The van der Waals surface area contributed by atoms with E-state index in [-0.39, 0.29) is 11.4 Å². The molecular weight excluding hydrogens is 248 g/mol. The maximum absolute atomic E-state index is 11.4. The Morgan fingerprint density at radius 2 is 2.05 bits per heavy atom. The summed E-state index contributed by atoms with van der Waals surface area (Å²) in [6.45, 7) is 1.76. The number of hydrogen-bond donors (Lipinski definition) is 2. The molecule has 1 aromatic rings. The standard InChI is InChI=1S/C13H16N2O4/c1-9-4-5-10(11(8-9)15(18)19)14-13(12(16)17)6-2-3-7-13/h4-5,8,14H,2-3,6-7H2,1H3,(H,16,17). The molecule has 1 aromatic carbocycles. The van der Waals surface area contributed by atoms with Crippen molar-refractivity contribution in [3.05, 3.63) is 33.9 Å². The molecule has 19 heavy (non-hydrogen) atoms. The normalized spacial score (nSPS) is 17.1. The van der Waals surface area contributed by atoms with Gasteiger partial charge in [0, 0.05) is 6.07 Å². The van der Waals surface area contributed by atoms with Gasteiger partial charge in [0.25, 0.3) is 5.69 Å². The second-order valence-electron chi connectivity index (χ2n) is 5.00. The number of benzene rings is 1. The minimum Gasteiger partial charge on any atom is -0.480 e. The van der Waals surface area contributed by atoms with E-state index in [1.807, 2.05) is 0 Å². The quantitative estimate of drug-likeness (QED) is 0.644. The first-order valence-electron chi connectivity index (χ1n) is 6.21. The lowest BCUT2D eigenvalue weighted by Crippen LogP contribution is -2.43. The Labute approximate surface area is 110 Å². The van der Waals surface area contributed by atoms with E-state index in [2.05, 4.69) is 5.32 Å². The number of carboxylic acid groups (broad SMARTS) is 1. The summed E-state index contributed by atoms with van der Waals surface area (Å²) >= 11 is 0. The van der Waals surface area contributed by atoms with Crippen LogP contribution >= 0.6 is 0 Å². The van der Waals surface area contributed by atoms with Crippen LogP contribution in [0.2, 0.25) is 0 Å². The van der Waals surface area contributed by atoms with Gasteiger partial charge in [-0.05, 0) is 31.4 Å². The topological polar surface area (TPSA) is 92.5 Å². The average Bonchev–Trinajstić information content (AvgIpc) is 2.81. The van der Waals surface area contributed by atoms with E-state index in [0.717, 1.165) is 18.4 Å². The van der Waals surface area contributed by atoms with Crippen molar-refractivity contribution in [3.8, 4) is 0 Å². The number of aliphatic carboxylic acids is 1. The van der Waals surface area contributed by atoms with Crippen molar-refractivity contribution in [2.45, 2.75) is 38.1 Å². The average molecular weight is 264 g/mol. The summed E-state index contributed by atoms with van der Waals surface area (Å²) in [6, 6.07) is 4.77. The van der Waals surface area contributed by atoms with Gasteiger partial charge < -0.3 is 10.4 Å². The summed E-state index contributed by atoms with van der Waals surface area (Å²) in [4.78, 5) is 22.0. The van der Waals surface area contributed by atoms with Gasteiger partial charge in [0.05, 0.1) is 4.92 Å². The molecule has 2 rings (SSSR count). The number of nitro benzene ring substituents is 1. The second kappa shape index (κ2) is 4.87. The van der Waals surface area contributed by atoms with Crippen LogP contribution in [-0.2, 0) is 4.79 Å². The number of rotatable bonds is 4. The highest BCUT2D eigenvalue weighted by Crippen LogP contribution is 2.36. The Balaban J connectivity index is 2.37. The van der Waals surface area contributed by atoms with E-state index in [1.54, 1.807) is 19.1 Å². The third kappa shape index (κ3) is 2.52. The number of anilines is 1. The number of nitrogens with one attached hydrogen (secondary N) is 1. The van der Waals surface area contributed by atoms with Crippen molar-refractivity contribution < 1.29 is 14.8 Å². The molecule has 0 amide bonds. The Morgan fingerprint density at radius 3 is 2.58 bits per heavy atom. The molecule has 1 fully saturated rings. The van der Waals surface area contributed by atoms with Crippen LogP contribution in [0.25, 0.3) is 0 Å². The molecule has 0 heterocycles. The maximum Gasteiger partial charge on any atom is 0.329 e.